The second-order valence-corrected chi connectivity index (χ2v) is 4.09. The van der Waals surface area contributed by atoms with Gasteiger partial charge < -0.3 is 10.7 Å². The van der Waals surface area contributed by atoms with E-state index in [0.29, 0.717) is 6.54 Å². The molecule has 0 fully saturated rings. The van der Waals surface area contributed by atoms with E-state index in [1.54, 1.807) is 18.6 Å². The maximum absolute atomic E-state index is 5.70. The van der Waals surface area contributed by atoms with Crippen LogP contribution in [0.2, 0.25) is 0 Å². The van der Waals surface area contributed by atoms with Crippen LogP contribution in [-0.4, -0.2) is 15.0 Å². The van der Waals surface area contributed by atoms with Gasteiger partial charge in [-0.15, -0.1) is 0 Å². The summed E-state index contributed by atoms with van der Waals surface area (Å²) in [5.74, 6) is 0. The molecule has 2 rings (SSSR count). The number of aromatic amines is 1. The molecule has 78 valence electrons. The molecule has 0 atom stereocenters. The average Bonchev–Trinajstić information content (AvgIpc) is 2.71. The number of pyridine rings is 1. The van der Waals surface area contributed by atoms with Gasteiger partial charge in [-0.05, 0) is 30.3 Å². The highest BCUT2D eigenvalue weighted by atomic mass is 32.2. The van der Waals surface area contributed by atoms with Gasteiger partial charge in [-0.2, -0.15) is 0 Å². The number of aromatic nitrogens is 3. The Morgan fingerprint density at radius 2 is 2.27 bits per heavy atom. The number of aryl methyl sites for hydroxylation is 1. The first kappa shape index (κ1) is 10.2. The molecule has 4 nitrogen and oxygen atoms in total. The van der Waals surface area contributed by atoms with Gasteiger partial charge in [-0.1, -0.05) is 0 Å². The molecule has 0 saturated carbocycles. The van der Waals surface area contributed by atoms with Crippen molar-refractivity contribution in [2.75, 3.05) is 0 Å². The zero-order chi connectivity index (χ0) is 10.7. The third-order valence-electron chi connectivity index (χ3n) is 2.12. The van der Waals surface area contributed by atoms with E-state index < -0.39 is 0 Å². The summed E-state index contributed by atoms with van der Waals surface area (Å²) in [6, 6.07) is 1.97. The quantitative estimate of drug-likeness (QED) is 0.826. The fraction of sp³-hybridized carbons (Fsp3) is 0.200. The lowest BCUT2D eigenvalue weighted by atomic mass is 10.2. The Morgan fingerprint density at radius 3 is 2.93 bits per heavy atom. The van der Waals surface area contributed by atoms with Gasteiger partial charge in [0.1, 0.15) is 5.03 Å². The van der Waals surface area contributed by atoms with Crippen molar-refractivity contribution in [3.63, 3.8) is 0 Å². The van der Waals surface area contributed by atoms with Crippen molar-refractivity contribution in [3.8, 4) is 0 Å². The summed E-state index contributed by atoms with van der Waals surface area (Å²) in [6.45, 7) is 2.54. The van der Waals surface area contributed by atoms with Crippen molar-refractivity contribution in [2.45, 2.75) is 23.7 Å². The Balaban J connectivity index is 2.32. The molecule has 15 heavy (non-hydrogen) atoms. The zero-order valence-electron chi connectivity index (χ0n) is 8.40. The van der Waals surface area contributed by atoms with E-state index in [9.17, 15) is 0 Å². The van der Waals surface area contributed by atoms with E-state index >= 15 is 0 Å². The maximum Gasteiger partial charge on any atom is 0.171 e. The number of imidazole rings is 1. The summed E-state index contributed by atoms with van der Waals surface area (Å²) in [7, 11) is 0. The van der Waals surface area contributed by atoms with Gasteiger partial charge >= 0.3 is 0 Å². The Morgan fingerprint density at radius 1 is 1.40 bits per heavy atom. The molecule has 0 aliphatic heterocycles. The van der Waals surface area contributed by atoms with Crippen molar-refractivity contribution in [2.24, 2.45) is 5.73 Å². The Labute approximate surface area is 92.3 Å². The van der Waals surface area contributed by atoms with E-state index in [-0.39, 0.29) is 0 Å². The lowest BCUT2D eigenvalue weighted by molar-refractivity contribution is 0.935. The maximum atomic E-state index is 5.70. The predicted molar refractivity (Wildman–Crippen MR) is 59.6 cm³/mol. The van der Waals surface area contributed by atoms with E-state index in [4.69, 9.17) is 5.73 Å². The summed E-state index contributed by atoms with van der Waals surface area (Å²) in [5, 5.41) is 1.76. The molecule has 3 N–H and O–H groups in total. The highest BCUT2D eigenvalue weighted by molar-refractivity contribution is 7.99. The van der Waals surface area contributed by atoms with Gasteiger partial charge in [0.05, 0.1) is 0 Å². The van der Waals surface area contributed by atoms with Crippen molar-refractivity contribution >= 4 is 11.8 Å². The minimum Gasteiger partial charge on any atom is -0.339 e. The first-order valence-electron chi connectivity index (χ1n) is 4.63. The fourth-order valence-corrected chi connectivity index (χ4v) is 2.20. The Kier molecular flexibility index (Phi) is 3.03. The van der Waals surface area contributed by atoms with Gasteiger partial charge in [0.2, 0.25) is 0 Å². The first-order valence-corrected chi connectivity index (χ1v) is 5.44. The lowest BCUT2D eigenvalue weighted by Crippen LogP contribution is -2.02. The SMILES string of the molecule is Cc1ccnc(Sc2ncc[nH]2)c1CN. The lowest BCUT2D eigenvalue weighted by Gasteiger charge is -2.07. The number of nitrogens with one attached hydrogen (secondary N) is 1. The Bertz CT molecular complexity index is 439. The van der Waals surface area contributed by atoms with Gasteiger partial charge in [0.25, 0.3) is 0 Å². The third kappa shape index (κ3) is 2.19. The van der Waals surface area contributed by atoms with Gasteiger partial charge in [-0.25, -0.2) is 9.97 Å². The van der Waals surface area contributed by atoms with Crippen molar-refractivity contribution in [3.05, 3.63) is 35.8 Å². The van der Waals surface area contributed by atoms with Crippen LogP contribution in [0.3, 0.4) is 0 Å². The van der Waals surface area contributed by atoms with Crippen LogP contribution in [0.1, 0.15) is 11.1 Å². The minimum absolute atomic E-state index is 0.503. The molecule has 0 aliphatic rings. The van der Waals surface area contributed by atoms with Crippen LogP contribution in [0.25, 0.3) is 0 Å². The van der Waals surface area contributed by atoms with Crippen LogP contribution >= 0.6 is 11.8 Å². The third-order valence-corrected chi connectivity index (χ3v) is 3.08. The van der Waals surface area contributed by atoms with Crippen LogP contribution in [-0.2, 0) is 6.54 Å². The summed E-state index contributed by atoms with van der Waals surface area (Å²) < 4.78 is 0. The number of hydrogen-bond donors (Lipinski definition) is 2. The Hall–Kier alpha value is -1.33. The number of rotatable bonds is 3. The molecule has 0 saturated heterocycles. The van der Waals surface area contributed by atoms with E-state index in [2.05, 4.69) is 15.0 Å². The molecular weight excluding hydrogens is 208 g/mol. The molecule has 0 radical (unpaired) electrons. The standard InChI is InChI=1S/C10H12N4S/c1-7-2-3-12-9(8(7)6-11)15-10-13-4-5-14-10/h2-5H,6,11H2,1H3,(H,13,14). The number of hydrogen-bond acceptors (Lipinski definition) is 4. The molecule has 0 aliphatic carbocycles. The molecule has 0 bridgehead atoms. The molecular formula is C10H12N4S. The zero-order valence-corrected chi connectivity index (χ0v) is 9.21. The highest BCUT2D eigenvalue weighted by Crippen LogP contribution is 2.26. The largest absolute Gasteiger partial charge is 0.339 e. The fourth-order valence-electron chi connectivity index (χ4n) is 1.30. The summed E-state index contributed by atoms with van der Waals surface area (Å²) in [5.41, 5.74) is 7.95. The highest BCUT2D eigenvalue weighted by Gasteiger charge is 2.08. The van der Waals surface area contributed by atoms with Gasteiger partial charge in [-0.3, -0.25) is 0 Å². The van der Waals surface area contributed by atoms with Crippen molar-refractivity contribution < 1.29 is 0 Å². The number of nitrogens with two attached hydrogens (primary N) is 1. The molecule has 5 heteroatoms. The van der Waals surface area contributed by atoms with Crippen LogP contribution < -0.4 is 5.73 Å². The summed E-state index contributed by atoms with van der Waals surface area (Å²) in [4.78, 5) is 11.5. The predicted octanol–water partition coefficient (Wildman–Crippen LogP) is 1.72. The summed E-state index contributed by atoms with van der Waals surface area (Å²) >= 11 is 1.50. The normalized spacial score (nSPS) is 10.5. The summed E-state index contributed by atoms with van der Waals surface area (Å²) in [6.07, 6.45) is 5.31. The van der Waals surface area contributed by atoms with Crippen molar-refractivity contribution in [1.29, 1.82) is 0 Å². The molecule has 0 unspecified atom stereocenters. The molecule has 2 aromatic rings. The van der Waals surface area contributed by atoms with Crippen LogP contribution in [0, 0.1) is 6.92 Å². The molecule has 0 amide bonds. The van der Waals surface area contributed by atoms with Crippen LogP contribution in [0.5, 0.6) is 0 Å². The van der Waals surface area contributed by atoms with Crippen molar-refractivity contribution in [1.82, 2.24) is 15.0 Å². The van der Waals surface area contributed by atoms with E-state index in [0.717, 1.165) is 15.7 Å². The smallest absolute Gasteiger partial charge is 0.171 e. The van der Waals surface area contributed by atoms with E-state index in [1.165, 1.54) is 17.3 Å². The van der Waals surface area contributed by atoms with E-state index in [1.807, 2.05) is 13.0 Å². The monoisotopic (exact) mass is 220 g/mol. The number of nitrogens with zero attached hydrogens (tertiary/aromatic N) is 2. The molecule has 2 aromatic heterocycles. The van der Waals surface area contributed by atoms with Gasteiger partial charge in [0, 0.05) is 30.7 Å². The second kappa shape index (κ2) is 4.46. The molecule has 2 heterocycles. The molecule has 0 spiro atoms. The van der Waals surface area contributed by atoms with Crippen LogP contribution in [0.15, 0.2) is 34.8 Å². The number of H-pyrrole nitrogens is 1. The first-order chi connectivity index (χ1) is 7.31. The average molecular weight is 220 g/mol. The van der Waals surface area contributed by atoms with Gasteiger partial charge in [0.15, 0.2) is 5.16 Å². The minimum atomic E-state index is 0.503. The van der Waals surface area contributed by atoms with Crippen LogP contribution in [0.4, 0.5) is 0 Å². The molecule has 0 aromatic carbocycles. The topological polar surface area (TPSA) is 67.6 Å². The second-order valence-electron chi connectivity index (χ2n) is 3.11.